The largest absolute Gasteiger partial charge is 0.296 e. The molecule has 1 saturated carbocycles. The molecule has 0 bridgehead atoms. The minimum absolute atomic E-state index is 0.337. The van der Waals surface area contributed by atoms with Crippen molar-refractivity contribution in [2.75, 3.05) is 7.05 Å². The van der Waals surface area contributed by atoms with E-state index in [2.05, 4.69) is 5.32 Å². The molecule has 4 amide bonds. The number of imide groups is 2. The summed E-state index contributed by atoms with van der Waals surface area (Å²) < 4.78 is 0. The number of hydrogen-bond donors (Lipinski definition) is 1. The fraction of sp³-hybridized carbons (Fsp3) is 0.556. The summed E-state index contributed by atoms with van der Waals surface area (Å²) in [5.41, 5.74) is 0. The first-order valence-corrected chi connectivity index (χ1v) is 4.70. The molecule has 3 rings (SSSR count). The molecule has 3 fully saturated rings. The highest BCUT2D eigenvalue weighted by Gasteiger charge is 2.70. The molecule has 0 aromatic rings. The first-order valence-electron chi connectivity index (χ1n) is 4.70. The van der Waals surface area contributed by atoms with Gasteiger partial charge in [-0.1, -0.05) is 0 Å². The van der Waals surface area contributed by atoms with Crippen molar-refractivity contribution in [1.29, 1.82) is 0 Å². The van der Waals surface area contributed by atoms with Crippen molar-refractivity contribution in [3.8, 4) is 0 Å². The van der Waals surface area contributed by atoms with Gasteiger partial charge in [-0.2, -0.15) is 0 Å². The van der Waals surface area contributed by atoms with Crippen LogP contribution in [0.25, 0.3) is 0 Å². The third kappa shape index (κ3) is 0.726. The molecule has 6 nitrogen and oxygen atoms in total. The SMILES string of the molecule is CN1C(=O)C2C3C(=O)NC(=O)C3C2C1=O. The van der Waals surface area contributed by atoms with Crippen molar-refractivity contribution in [2.24, 2.45) is 23.7 Å². The molecule has 0 radical (unpaired) electrons. The van der Waals surface area contributed by atoms with E-state index in [0.29, 0.717) is 0 Å². The average Bonchev–Trinajstić information content (AvgIpc) is 2.43. The normalized spacial score (nSPS) is 42.6. The number of likely N-dealkylation sites (tertiary alicyclic amines) is 1. The number of amides is 4. The van der Waals surface area contributed by atoms with Gasteiger partial charge in [0, 0.05) is 7.05 Å². The number of carbonyl (C=O) groups is 4. The van der Waals surface area contributed by atoms with Crippen LogP contribution in [0, 0.1) is 23.7 Å². The minimum Gasteiger partial charge on any atom is -0.296 e. The van der Waals surface area contributed by atoms with Crippen LogP contribution in [-0.2, 0) is 19.2 Å². The van der Waals surface area contributed by atoms with Gasteiger partial charge in [-0.05, 0) is 0 Å². The van der Waals surface area contributed by atoms with Crippen LogP contribution >= 0.6 is 0 Å². The number of fused-ring (bicyclic) bond motifs is 4. The van der Waals surface area contributed by atoms with E-state index in [1.54, 1.807) is 0 Å². The van der Waals surface area contributed by atoms with Crippen LogP contribution < -0.4 is 5.32 Å². The van der Waals surface area contributed by atoms with E-state index in [1.807, 2.05) is 0 Å². The number of carbonyl (C=O) groups excluding carboxylic acids is 4. The van der Waals surface area contributed by atoms with Crippen LogP contribution in [0.5, 0.6) is 0 Å². The maximum atomic E-state index is 11.6. The zero-order valence-electron chi connectivity index (χ0n) is 7.89. The molecule has 1 N–H and O–H groups in total. The fourth-order valence-electron chi connectivity index (χ4n) is 2.86. The molecule has 15 heavy (non-hydrogen) atoms. The lowest BCUT2D eigenvalue weighted by Crippen LogP contribution is -2.50. The molecule has 1 aliphatic carbocycles. The van der Waals surface area contributed by atoms with Crippen molar-refractivity contribution in [3.05, 3.63) is 0 Å². The zero-order chi connectivity index (χ0) is 10.9. The summed E-state index contributed by atoms with van der Waals surface area (Å²) in [4.78, 5) is 46.9. The molecule has 4 unspecified atom stereocenters. The lowest BCUT2D eigenvalue weighted by Gasteiger charge is -2.36. The van der Waals surface area contributed by atoms with Crippen molar-refractivity contribution >= 4 is 23.6 Å². The van der Waals surface area contributed by atoms with Crippen LogP contribution in [-0.4, -0.2) is 35.6 Å². The Balaban J connectivity index is 2.04. The van der Waals surface area contributed by atoms with Gasteiger partial charge in [-0.3, -0.25) is 29.4 Å². The van der Waals surface area contributed by atoms with Crippen molar-refractivity contribution in [2.45, 2.75) is 0 Å². The summed E-state index contributed by atoms with van der Waals surface area (Å²) in [5, 5.41) is 2.16. The maximum Gasteiger partial charge on any atom is 0.233 e. The van der Waals surface area contributed by atoms with Gasteiger partial charge >= 0.3 is 0 Å². The second-order valence-corrected chi connectivity index (χ2v) is 4.19. The lowest BCUT2D eigenvalue weighted by molar-refractivity contribution is -0.146. The van der Waals surface area contributed by atoms with Gasteiger partial charge < -0.3 is 0 Å². The van der Waals surface area contributed by atoms with E-state index < -0.39 is 35.5 Å². The topological polar surface area (TPSA) is 83.6 Å². The summed E-state index contributed by atoms with van der Waals surface area (Å²) in [6.07, 6.45) is 0. The standard InChI is InChI=1S/C9H8N2O4/c1-11-8(14)4-2-3(5(4)9(11)15)7(13)10-6(2)12/h2-5H,1H3,(H,10,12,13). The van der Waals surface area contributed by atoms with Gasteiger partial charge in [0.15, 0.2) is 0 Å². The van der Waals surface area contributed by atoms with Crippen LogP contribution in [0.4, 0.5) is 0 Å². The summed E-state index contributed by atoms with van der Waals surface area (Å²) in [6, 6.07) is 0. The monoisotopic (exact) mass is 208 g/mol. The Morgan fingerprint density at radius 2 is 1.27 bits per heavy atom. The highest BCUT2D eigenvalue weighted by Crippen LogP contribution is 2.53. The molecule has 0 aromatic carbocycles. The second-order valence-electron chi connectivity index (χ2n) is 4.19. The molecule has 0 aromatic heterocycles. The van der Waals surface area contributed by atoms with Gasteiger partial charge in [0.2, 0.25) is 23.6 Å². The molecule has 2 aliphatic heterocycles. The molecule has 2 saturated heterocycles. The second kappa shape index (κ2) is 2.26. The first-order chi connectivity index (χ1) is 7.04. The van der Waals surface area contributed by atoms with Gasteiger partial charge in [0.05, 0.1) is 23.7 Å². The smallest absolute Gasteiger partial charge is 0.233 e. The quantitative estimate of drug-likeness (QED) is 0.472. The van der Waals surface area contributed by atoms with Crippen molar-refractivity contribution in [3.63, 3.8) is 0 Å². The van der Waals surface area contributed by atoms with Crippen LogP contribution in [0.15, 0.2) is 0 Å². The zero-order valence-corrected chi connectivity index (χ0v) is 7.89. The number of hydrogen-bond acceptors (Lipinski definition) is 4. The van der Waals surface area contributed by atoms with E-state index in [0.717, 1.165) is 4.90 Å². The molecule has 0 spiro atoms. The predicted octanol–water partition coefficient (Wildman–Crippen LogP) is -1.88. The van der Waals surface area contributed by atoms with E-state index in [9.17, 15) is 19.2 Å². The van der Waals surface area contributed by atoms with Gasteiger partial charge in [-0.15, -0.1) is 0 Å². The van der Waals surface area contributed by atoms with Gasteiger partial charge in [0.1, 0.15) is 0 Å². The Labute approximate surface area is 84.6 Å². The Morgan fingerprint density at radius 3 is 1.67 bits per heavy atom. The third-order valence-electron chi connectivity index (χ3n) is 3.63. The molecule has 4 atom stereocenters. The Kier molecular flexibility index (Phi) is 1.29. The number of nitrogens with zero attached hydrogens (tertiary/aromatic N) is 1. The molecule has 6 heteroatoms. The Bertz CT molecular complexity index is 392. The Hall–Kier alpha value is -1.72. The third-order valence-corrected chi connectivity index (χ3v) is 3.63. The van der Waals surface area contributed by atoms with Crippen LogP contribution in [0.2, 0.25) is 0 Å². The first kappa shape index (κ1) is 8.58. The Morgan fingerprint density at radius 1 is 0.867 bits per heavy atom. The fourth-order valence-corrected chi connectivity index (χ4v) is 2.86. The summed E-state index contributed by atoms with van der Waals surface area (Å²) >= 11 is 0. The molecular weight excluding hydrogens is 200 g/mol. The minimum atomic E-state index is -0.608. The molecule has 3 aliphatic rings. The van der Waals surface area contributed by atoms with E-state index in [4.69, 9.17) is 0 Å². The molecular formula is C9H8N2O4. The summed E-state index contributed by atoms with van der Waals surface area (Å²) in [6.45, 7) is 0. The van der Waals surface area contributed by atoms with Gasteiger partial charge in [0.25, 0.3) is 0 Å². The van der Waals surface area contributed by atoms with E-state index in [-0.39, 0.29) is 11.8 Å². The molecule has 78 valence electrons. The van der Waals surface area contributed by atoms with Crippen molar-refractivity contribution in [1.82, 2.24) is 10.2 Å². The maximum absolute atomic E-state index is 11.6. The van der Waals surface area contributed by atoms with Crippen LogP contribution in [0.3, 0.4) is 0 Å². The van der Waals surface area contributed by atoms with Crippen molar-refractivity contribution < 1.29 is 19.2 Å². The van der Waals surface area contributed by atoms with E-state index in [1.165, 1.54) is 7.05 Å². The highest BCUT2D eigenvalue weighted by atomic mass is 16.2. The van der Waals surface area contributed by atoms with E-state index >= 15 is 0 Å². The molecule has 2 heterocycles. The number of nitrogens with one attached hydrogen (secondary N) is 1. The summed E-state index contributed by atoms with van der Waals surface area (Å²) in [7, 11) is 1.39. The average molecular weight is 208 g/mol. The van der Waals surface area contributed by atoms with Crippen LogP contribution in [0.1, 0.15) is 0 Å². The number of rotatable bonds is 0. The lowest BCUT2D eigenvalue weighted by atomic mass is 9.59. The van der Waals surface area contributed by atoms with Gasteiger partial charge in [-0.25, -0.2) is 0 Å². The summed E-state index contributed by atoms with van der Waals surface area (Å²) in [5.74, 6) is -3.91. The highest BCUT2D eigenvalue weighted by molar-refractivity contribution is 6.17. The predicted molar refractivity (Wildman–Crippen MR) is 44.9 cm³/mol.